The Morgan fingerprint density at radius 3 is 1.64 bits per heavy atom. The first-order chi connectivity index (χ1) is 13.7. The molecule has 1 saturated heterocycles. The van der Waals surface area contributed by atoms with Crippen LogP contribution in [0.25, 0.3) is 0 Å². The molecule has 0 amide bonds. The molecule has 1 aliphatic rings. The van der Waals surface area contributed by atoms with Crippen LogP contribution in [0.3, 0.4) is 0 Å². The summed E-state index contributed by atoms with van der Waals surface area (Å²) in [6, 6.07) is 31.6. The van der Waals surface area contributed by atoms with E-state index in [0.29, 0.717) is 0 Å². The molecule has 144 valence electrons. The summed E-state index contributed by atoms with van der Waals surface area (Å²) in [4.78, 5) is 0. The Morgan fingerprint density at radius 2 is 1.25 bits per heavy atom. The molecule has 0 saturated carbocycles. The van der Waals surface area contributed by atoms with E-state index in [4.69, 9.17) is 4.74 Å². The van der Waals surface area contributed by atoms with Crippen molar-refractivity contribution >= 4 is 0 Å². The summed E-state index contributed by atoms with van der Waals surface area (Å²) < 4.78 is 5.96. The lowest BCUT2D eigenvalue weighted by molar-refractivity contribution is 0.0103. The van der Waals surface area contributed by atoms with Crippen LogP contribution in [0.4, 0.5) is 0 Å². The fourth-order valence-electron chi connectivity index (χ4n) is 4.37. The van der Waals surface area contributed by atoms with Crippen molar-refractivity contribution in [3.8, 4) is 0 Å². The molecule has 4 rings (SSSR count). The molecule has 0 bridgehead atoms. The summed E-state index contributed by atoms with van der Waals surface area (Å²) in [7, 11) is 0. The largest absolute Gasteiger partial charge is 0.394 e. The number of hydrogen-bond donors (Lipinski definition) is 2. The van der Waals surface area contributed by atoms with E-state index >= 15 is 0 Å². The summed E-state index contributed by atoms with van der Waals surface area (Å²) in [5.74, 6) is 0. The molecule has 3 nitrogen and oxygen atoms in total. The lowest BCUT2D eigenvalue weighted by atomic mass is 9.76. The lowest BCUT2D eigenvalue weighted by Gasteiger charge is -2.40. The molecular weight excluding hydrogens is 346 g/mol. The Balaban J connectivity index is 1.91. The zero-order valence-corrected chi connectivity index (χ0v) is 16.2. The van der Waals surface area contributed by atoms with Crippen molar-refractivity contribution in [2.45, 2.75) is 37.1 Å². The SMILES string of the molecule is C[C@H]1CC(NC(c2ccccc2)(c2ccccc2)c2ccccc2)[C@@H](CO)O1. The van der Waals surface area contributed by atoms with Gasteiger partial charge in [-0.2, -0.15) is 0 Å². The molecule has 0 radical (unpaired) electrons. The number of hydrogen-bond acceptors (Lipinski definition) is 3. The van der Waals surface area contributed by atoms with Crippen LogP contribution in [0.1, 0.15) is 30.0 Å². The van der Waals surface area contributed by atoms with Gasteiger partial charge in [0.2, 0.25) is 0 Å². The van der Waals surface area contributed by atoms with E-state index in [2.05, 4.69) is 85.0 Å². The van der Waals surface area contributed by atoms with E-state index in [1.165, 1.54) is 16.7 Å². The number of nitrogens with one attached hydrogen (secondary N) is 1. The van der Waals surface area contributed by atoms with Crippen molar-refractivity contribution in [3.63, 3.8) is 0 Å². The van der Waals surface area contributed by atoms with Crippen LogP contribution in [0.2, 0.25) is 0 Å². The molecule has 3 aromatic carbocycles. The van der Waals surface area contributed by atoms with Crippen LogP contribution in [-0.4, -0.2) is 30.0 Å². The second kappa shape index (κ2) is 8.27. The van der Waals surface area contributed by atoms with Crippen molar-refractivity contribution in [1.82, 2.24) is 5.32 Å². The fraction of sp³-hybridized carbons (Fsp3) is 0.280. The lowest BCUT2D eigenvalue weighted by Crippen LogP contribution is -2.53. The van der Waals surface area contributed by atoms with Gasteiger partial charge in [0.15, 0.2) is 0 Å². The van der Waals surface area contributed by atoms with E-state index in [1.807, 2.05) is 18.2 Å². The zero-order valence-electron chi connectivity index (χ0n) is 16.2. The van der Waals surface area contributed by atoms with Gasteiger partial charge in [0.25, 0.3) is 0 Å². The summed E-state index contributed by atoms with van der Waals surface area (Å²) in [6.45, 7) is 2.08. The van der Waals surface area contributed by atoms with Crippen molar-refractivity contribution in [2.75, 3.05) is 6.61 Å². The molecular formula is C25H27NO2. The number of ether oxygens (including phenoxy) is 1. The summed E-state index contributed by atoms with van der Waals surface area (Å²) in [5.41, 5.74) is 2.98. The highest BCUT2D eigenvalue weighted by Crippen LogP contribution is 2.38. The molecule has 0 aromatic heterocycles. The molecule has 0 aliphatic carbocycles. The molecule has 3 aromatic rings. The first-order valence-electron chi connectivity index (χ1n) is 9.94. The van der Waals surface area contributed by atoms with E-state index in [1.54, 1.807) is 0 Å². The molecule has 28 heavy (non-hydrogen) atoms. The first kappa shape index (κ1) is 18.9. The van der Waals surface area contributed by atoms with Crippen LogP contribution < -0.4 is 5.32 Å². The van der Waals surface area contributed by atoms with Gasteiger partial charge >= 0.3 is 0 Å². The second-order valence-corrected chi connectivity index (χ2v) is 7.50. The molecule has 1 aliphatic heterocycles. The third-order valence-electron chi connectivity index (χ3n) is 5.64. The van der Waals surface area contributed by atoms with Gasteiger partial charge in [0.1, 0.15) is 0 Å². The number of benzene rings is 3. The van der Waals surface area contributed by atoms with Gasteiger partial charge < -0.3 is 9.84 Å². The zero-order chi connectivity index (χ0) is 19.4. The third-order valence-corrected chi connectivity index (χ3v) is 5.64. The maximum atomic E-state index is 9.90. The van der Waals surface area contributed by atoms with Crippen molar-refractivity contribution in [2.24, 2.45) is 0 Å². The molecule has 1 fully saturated rings. The minimum Gasteiger partial charge on any atom is -0.394 e. The molecule has 3 atom stereocenters. The van der Waals surface area contributed by atoms with Gasteiger partial charge in [-0.25, -0.2) is 0 Å². The van der Waals surface area contributed by atoms with Gasteiger partial charge in [-0.15, -0.1) is 0 Å². The molecule has 1 heterocycles. The summed E-state index contributed by atoms with van der Waals surface area (Å²) in [5, 5.41) is 13.8. The Bertz CT molecular complexity index is 770. The predicted molar refractivity (Wildman–Crippen MR) is 112 cm³/mol. The summed E-state index contributed by atoms with van der Waals surface area (Å²) in [6.07, 6.45) is 0.764. The quantitative estimate of drug-likeness (QED) is 0.639. The Kier molecular flexibility index (Phi) is 5.58. The predicted octanol–water partition coefficient (Wildman–Crippen LogP) is 4.11. The first-order valence-corrected chi connectivity index (χ1v) is 9.94. The van der Waals surface area contributed by atoms with Crippen LogP contribution in [0.15, 0.2) is 91.0 Å². The number of aliphatic hydroxyl groups is 1. The van der Waals surface area contributed by atoms with E-state index in [-0.39, 0.29) is 24.9 Å². The standard InChI is InChI=1S/C25H27NO2/c1-19-17-23(24(18-27)28-19)26-25(20-11-5-2-6-12-20,21-13-7-3-8-14-21)22-15-9-4-10-16-22/h2-16,19,23-24,26-27H,17-18H2,1H3/t19-,23?,24+/m0/s1. The Labute approximate surface area is 167 Å². The smallest absolute Gasteiger partial charge is 0.0963 e. The van der Waals surface area contributed by atoms with E-state index in [0.717, 1.165) is 6.42 Å². The van der Waals surface area contributed by atoms with Gasteiger partial charge in [0, 0.05) is 6.04 Å². The van der Waals surface area contributed by atoms with Crippen LogP contribution in [-0.2, 0) is 10.3 Å². The minimum atomic E-state index is -0.532. The third kappa shape index (κ3) is 3.49. The minimum absolute atomic E-state index is 0.0104. The van der Waals surface area contributed by atoms with Gasteiger partial charge in [-0.05, 0) is 30.0 Å². The van der Waals surface area contributed by atoms with Crippen molar-refractivity contribution in [3.05, 3.63) is 108 Å². The highest BCUT2D eigenvalue weighted by Gasteiger charge is 2.42. The fourth-order valence-corrected chi connectivity index (χ4v) is 4.37. The number of rotatable bonds is 6. The van der Waals surface area contributed by atoms with E-state index in [9.17, 15) is 5.11 Å². The monoisotopic (exact) mass is 373 g/mol. The summed E-state index contributed by atoms with van der Waals surface area (Å²) >= 11 is 0. The Hall–Kier alpha value is -2.46. The molecule has 3 heteroatoms. The van der Waals surface area contributed by atoms with Gasteiger partial charge in [-0.3, -0.25) is 5.32 Å². The molecule has 0 spiro atoms. The molecule has 2 N–H and O–H groups in total. The highest BCUT2D eigenvalue weighted by molar-refractivity contribution is 5.49. The van der Waals surface area contributed by atoms with E-state index < -0.39 is 5.54 Å². The van der Waals surface area contributed by atoms with Crippen molar-refractivity contribution < 1.29 is 9.84 Å². The van der Waals surface area contributed by atoms with Gasteiger partial charge in [0.05, 0.1) is 24.4 Å². The second-order valence-electron chi connectivity index (χ2n) is 7.50. The van der Waals surface area contributed by atoms with Crippen LogP contribution in [0.5, 0.6) is 0 Å². The highest BCUT2D eigenvalue weighted by atomic mass is 16.5. The number of aliphatic hydroxyl groups excluding tert-OH is 1. The maximum Gasteiger partial charge on any atom is 0.0963 e. The Morgan fingerprint density at radius 1 is 0.821 bits per heavy atom. The van der Waals surface area contributed by atoms with Gasteiger partial charge in [-0.1, -0.05) is 91.0 Å². The topological polar surface area (TPSA) is 41.5 Å². The average Bonchev–Trinajstić information content (AvgIpc) is 3.13. The van der Waals surface area contributed by atoms with Crippen LogP contribution >= 0.6 is 0 Å². The van der Waals surface area contributed by atoms with Crippen LogP contribution in [0, 0.1) is 0 Å². The molecule has 1 unspecified atom stereocenters. The normalized spacial score (nSPS) is 22.3. The average molecular weight is 373 g/mol. The maximum absolute atomic E-state index is 9.90. The van der Waals surface area contributed by atoms with Crippen molar-refractivity contribution in [1.29, 1.82) is 0 Å².